The standard InChI is InChI=1S/C19H35N3O4S2/c1-6-21(7-2)16-10-11-17(5)20-27(23,24)18-12-14-19(15-13-18)28(25,26)22(8-3)9-4/h12-15,17,20H,6-11,16H2,1-5H3/p+1/t17-/m1/s1. The van der Waals surface area contributed by atoms with Gasteiger partial charge in [0.15, 0.2) is 0 Å². The molecule has 0 aliphatic heterocycles. The Balaban J connectivity index is 2.79. The van der Waals surface area contributed by atoms with Crippen LogP contribution in [-0.2, 0) is 20.0 Å². The highest BCUT2D eigenvalue weighted by atomic mass is 32.2. The molecule has 1 atom stereocenters. The van der Waals surface area contributed by atoms with Crippen LogP contribution in [0.2, 0.25) is 0 Å². The SMILES string of the molecule is CCN(CC)S(=O)(=O)c1ccc(S(=O)(=O)N[C@H](C)CCC[NH+](CC)CC)cc1. The van der Waals surface area contributed by atoms with Gasteiger partial charge in [0.2, 0.25) is 20.0 Å². The molecule has 0 spiro atoms. The fourth-order valence-corrected chi connectivity index (χ4v) is 5.89. The van der Waals surface area contributed by atoms with Crippen LogP contribution in [0.4, 0.5) is 0 Å². The Labute approximate surface area is 171 Å². The predicted octanol–water partition coefficient (Wildman–Crippen LogP) is 1.09. The summed E-state index contributed by atoms with van der Waals surface area (Å²) in [5.41, 5.74) is 0. The van der Waals surface area contributed by atoms with E-state index in [-0.39, 0.29) is 15.8 Å². The second-order valence-electron chi connectivity index (χ2n) is 6.93. The van der Waals surface area contributed by atoms with Gasteiger partial charge in [-0.2, -0.15) is 4.31 Å². The van der Waals surface area contributed by atoms with Gasteiger partial charge in [0.05, 0.1) is 29.4 Å². The Morgan fingerprint density at radius 3 is 1.89 bits per heavy atom. The lowest BCUT2D eigenvalue weighted by Gasteiger charge is -2.19. The van der Waals surface area contributed by atoms with E-state index in [2.05, 4.69) is 18.6 Å². The van der Waals surface area contributed by atoms with E-state index in [4.69, 9.17) is 0 Å². The second-order valence-corrected chi connectivity index (χ2v) is 10.6. The smallest absolute Gasteiger partial charge is 0.243 e. The van der Waals surface area contributed by atoms with E-state index in [1.807, 2.05) is 6.92 Å². The molecule has 0 saturated carbocycles. The summed E-state index contributed by atoms with van der Waals surface area (Å²) in [6.45, 7) is 13.6. The lowest BCUT2D eigenvalue weighted by Crippen LogP contribution is -3.11. The molecule has 0 fully saturated rings. The lowest BCUT2D eigenvalue weighted by molar-refractivity contribution is -0.896. The fourth-order valence-electron chi connectivity index (χ4n) is 3.16. The summed E-state index contributed by atoms with van der Waals surface area (Å²) in [7, 11) is -7.28. The number of quaternary nitrogens is 1. The Hall–Kier alpha value is -1.00. The number of nitrogens with zero attached hydrogens (tertiary/aromatic N) is 1. The van der Waals surface area contributed by atoms with Gasteiger partial charge in [-0.1, -0.05) is 13.8 Å². The molecule has 7 nitrogen and oxygen atoms in total. The van der Waals surface area contributed by atoms with Crippen LogP contribution >= 0.6 is 0 Å². The van der Waals surface area contributed by atoms with Gasteiger partial charge in [-0.3, -0.25) is 0 Å². The second kappa shape index (κ2) is 11.3. The van der Waals surface area contributed by atoms with Gasteiger partial charge in [0.25, 0.3) is 0 Å². The van der Waals surface area contributed by atoms with Crippen molar-refractivity contribution in [3.05, 3.63) is 24.3 Å². The minimum Gasteiger partial charge on any atom is -0.335 e. The van der Waals surface area contributed by atoms with Crippen LogP contribution in [0, 0.1) is 0 Å². The van der Waals surface area contributed by atoms with Crippen molar-refractivity contribution >= 4 is 20.0 Å². The Bertz CT molecular complexity index is 785. The molecule has 1 aromatic carbocycles. The molecule has 0 aromatic heterocycles. The molecule has 0 saturated heterocycles. The molecule has 162 valence electrons. The molecule has 0 aliphatic carbocycles. The first-order valence-electron chi connectivity index (χ1n) is 10.1. The van der Waals surface area contributed by atoms with Crippen molar-refractivity contribution in [1.82, 2.24) is 9.03 Å². The minimum absolute atomic E-state index is 0.0761. The van der Waals surface area contributed by atoms with Crippen LogP contribution in [0.1, 0.15) is 47.5 Å². The van der Waals surface area contributed by atoms with Crippen molar-refractivity contribution in [3.8, 4) is 0 Å². The molecule has 0 amide bonds. The van der Waals surface area contributed by atoms with E-state index >= 15 is 0 Å². The van der Waals surface area contributed by atoms with Crippen LogP contribution in [-0.4, -0.2) is 59.9 Å². The van der Waals surface area contributed by atoms with Gasteiger partial charge in [-0.25, -0.2) is 21.6 Å². The molecule has 28 heavy (non-hydrogen) atoms. The highest BCUT2D eigenvalue weighted by Crippen LogP contribution is 2.18. The number of hydrogen-bond acceptors (Lipinski definition) is 4. The summed E-state index contributed by atoms with van der Waals surface area (Å²) < 4.78 is 54.2. The van der Waals surface area contributed by atoms with Gasteiger partial charge in [0, 0.05) is 19.1 Å². The minimum atomic E-state index is -3.68. The first-order valence-corrected chi connectivity index (χ1v) is 13.0. The first-order chi connectivity index (χ1) is 13.1. The van der Waals surface area contributed by atoms with E-state index in [9.17, 15) is 16.8 Å². The summed E-state index contributed by atoms with van der Waals surface area (Å²) in [6.07, 6.45) is 1.71. The Morgan fingerprint density at radius 2 is 1.43 bits per heavy atom. The lowest BCUT2D eigenvalue weighted by atomic mass is 10.2. The maximum Gasteiger partial charge on any atom is 0.243 e. The first kappa shape index (κ1) is 25.0. The zero-order valence-electron chi connectivity index (χ0n) is 17.7. The van der Waals surface area contributed by atoms with E-state index in [0.29, 0.717) is 13.1 Å². The molecular weight excluding hydrogens is 398 g/mol. The molecular formula is C19H36N3O4S2+. The summed E-state index contributed by atoms with van der Waals surface area (Å²) in [5.74, 6) is 0. The van der Waals surface area contributed by atoms with Gasteiger partial charge in [-0.05, 0) is 57.9 Å². The zero-order valence-corrected chi connectivity index (χ0v) is 19.4. The van der Waals surface area contributed by atoms with Crippen LogP contribution in [0.25, 0.3) is 0 Å². The highest BCUT2D eigenvalue weighted by Gasteiger charge is 2.23. The normalized spacial score (nSPS) is 14.0. The molecule has 0 bridgehead atoms. The maximum atomic E-state index is 12.6. The molecule has 0 radical (unpaired) electrons. The van der Waals surface area contributed by atoms with Crippen molar-refractivity contribution in [2.45, 2.75) is 63.3 Å². The third kappa shape index (κ3) is 6.81. The molecule has 1 aromatic rings. The number of benzene rings is 1. The van der Waals surface area contributed by atoms with Crippen LogP contribution in [0.5, 0.6) is 0 Å². The molecule has 0 heterocycles. The van der Waals surface area contributed by atoms with Crippen molar-refractivity contribution in [2.24, 2.45) is 0 Å². The summed E-state index contributed by atoms with van der Waals surface area (Å²) in [4.78, 5) is 1.68. The third-order valence-electron chi connectivity index (χ3n) is 5.00. The van der Waals surface area contributed by atoms with E-state index < -0.39 is 20.0 Å². The third-order valence-corrected chi connectivity index (χ3v) is 8.67. The number of sulfonamides is 2. The summed E-state index contributed by atoms with van der Waals surface area (Å²) in [5, 5.41) is 0. The molecule has 0 unspecified atom stereocenters. The van der Waals surface area contributed by atoms with Gasteiger partial charge >= 0.3 is 0 Å². The molecule has 1 rings (SSSR count). The molecule has 2 N–H and O–H groups in total. The summed E-state index contributed by atoms with van der Waals surface area (Å²) >= 11 is 0. The van der Waals surface area contributed by atoms with Gasteiger partial charge in [-0.15, -0.1) is 0 Å². The van der Waals surface area contributed by atoms with Gasteiger partial charge in [0.1, 0.15) is 0 Å². The van der Waals surface area contributed by atoms with Crippen molar-refractivity contribution in [3.63, 3.8) is 0 Å². The summed E-state index contributed by atoms with van der Waals surface area (Å²) in [6, 6.07) is 5.24. The molecule has 9 heteroatoms. The number of nitrogens with one attached hydrogen (secondary N) is 2. The Morgan fingerprint density at radius 1 is 0.929 bits per heavy atom. The topological polar surface area (TPSA) is 88.0 Å². The fraction of sp³-hybridized carbons (Fsp3) is 0.684. The number of rotatable bonds is 13. The highest BCUT2D eigenvalue weighted by molar-refractivity contribution is 7.89. The van der Waals surface area contributed by atoms with Crippen LogP contribution in [0.15, 0.2) is 34.1 Å². The van der Waals surface area contributed by atoms with Crippen LogP contribution < -0.4 is 9.62 Å². The largest absolute Gasteiger partial charge is 0.335 e. The Kier molecular flexibility index (Phi) is 10.1. The van der Waals surface area contributed by atoms with E-state index in [1.165, 1.54) is 33.5 Å². The molecule has 0 aliphatic rings. The quantitative estimate of drug-likeness (QED) is 0.486. The van der Waals surface area contributed by atoms with Crippen molar-refractivity contribution in [1.29, 1.82) is 0 Å². The van der Waals surface area contributed by atoms with Crippen molar-refractivity contribution < 1.29 is 21.7 Å². The maximum absolute atomic E-state index is 12.6. The van der Waals surface area contributed by atoms with E-state index in [1.54, 1.807) is 13.8 Å². The van der Waals surface area contributed by atoms with Gasteiger partial charge < -0.3 is 4.90 Å². The van der Waals surface area contributed by atoms with E-state index in [0.717, 1.165) is 32.5 Å². The average molecular weight is 435 g/mol. The van der Waals surface area contributed by atoms with Crippen molar-refractivity contribution in [2.75, 3.05) is 32.7 Å². The van der Waals surface area contributed by atoms with Crippen LogP contribution in [0.3, 0.4) is 0 Å². The average Bonchev–Trinajstić information content (AvgIpc) is 2.65. The number of hydrogen-bond donors (Lipinski definition) is 2. The predicted molar refractivity (Wildman–Crippen MR) is 112 cm³/mol. The monoisotopic (exact) mass is 434 g/mol. The zero-order chi connectivity index (χ0) is 21.4.